The van der Waals surface area contributed by atoms with E-state index in [0.29, 0.717) is 16.9 Å². The van der Waals surface area contributed by atoms with Crippen LogP contribution >= 0.6 is 0 Å². The molecule has 27 heavy (non-hydrogen) atoms. The molecule has 4 aromatic rings. The number of hydrogen-bond donors (Lipinski definition) is 0. The fourth-order valence-corrected chi connectivity index (χ4v) is 3.13. The van der Waals surface area contributed by atoms with Crippen LogP contribution in [0.4, 0.5) is 13.2 Å². The van der Waals surface area contributed by atoms with Crippen molar-refractivity contribution in [2.24, 2.45) is 0 Å². The van der Waals surface area contributed by atoms with E-state index in [1.54, 1.807) is 24.3 Å². The quantitative estimate of drug-likeness (QED) is 0.476. The molecule has 2 heterocycles. The minimum Gasteiger partial charge on any atom is -0.489 e. The van der Waals surface area contributed by atoms with Gasteiger partial charge in [-0.25, -0.2) is 0 Å². The van der Waals surface area contributed by atoms with Crippen LogP contribution in [0.2, 0.25) is 0 Å². The van der Waals surface area contributed by atoms with Gasteiger partial charge in [0.1, 0.15) is 18.4 Å². The average Bonchev–Trinajstić information content (AvgIpc) is 2.99. The molecule has 2 aromatic carbocycles. The van der Waals surface area contributed by atoms with Crippen molar-refractivity contribution in [2.45, 2.75) is 12.8 Å². The van der Waals surface area contributed by atoms with Gasteiger partial charge < -0.3 is 9.14 Å². The SMILES string of the molecule is N#Cc1c2ccc(OCc3cccc(C(F)(F)F)c3)cc2n2ccccc12. The first kappa shape index (κ1) is 17.0. The van der Waals surface area contributed by atoms with E-state index < -0.39 is 11.7 Å². The summed E-state index contributed by atoms with van der Waals surface area (Å²) in [5, 5.41) is 10.3. The second kappa shape index (κ2) is 6.36. The summed E-state index contributed by atoms with van der Waals surface area (Å²) in [6, 6.07) is 18.2. The number of ether oxygens (including phenoxy) is 1. The van der Waals surface area contributed by atoms with Crippen molar-refractivity contribution in [1.29, 1.82) is 5.26 Å². The summed E-state index contributed by atoms with van der Waals surface area (Å²) >= 11 is 0. The zero-order valence-corrected chi connectivity index (χ0v) is 14.0. The van der Waals surface area contributed by atoms with Gasteiger partial charge in [-0.2, -0.15) is 18.4 Å². The Morgan fingerprint density at radius 2 is 1.81 bits per heavy atom. The zero-order chi connectivity index (χ0) is 19.0. The summed E-state index contributed by atoms with van der Waals surface area (Å²) in [5.41, 5.74) is 1.92. The highest BCUT2D eigenvalue weighted by atomic mass is 19.4. The zero-order valence-electron chi connectivity index (χ0n) is 14.0. The Bertz CT molecular complexity index is 1190. The summed E-state index contributed by atoms with van der Waals surface area (Å²) in [4.78, 5) is 0. The molecular weight excluding hydrogens is 353 g/mol. The van der Waals surface area contributed by atoms with E-state index in [9.17, 15) is 18.4 Å². The minimum absolute atomic E-state index is 0.0177. The highest BCUT2D eigenvalue weighted by molar-refractivity contribution is 5.95. The van der Waals surface area contributed by atoms with Crippen molar-refractivity contribution in [3.63, 3.8) is 0 Å². The third-order valence-electron chi connectivity index (χ3n) is 4.39. The van der Waals surface area contributed by atoms with Crippen LogP contribution in [0.15, 0.2) is 66.9 Å². The summed E-state index contributed by atoms with van der Waals surface area (Å²) in [7, 11) is 0. The standard InChI is InChI=1S/C21H13F3N2O/c22-21(23,24)15-5-3-4-14(10-15)13-27-16-7-8-17-18(12-25)19-6-1-2-9-26(19)20(17)11-16/h1-11H,13H2. The van der Waals surface area contributed by atoms with E-state index in [2.05, 4.69) is 6.07 Å². The van der Waals surface area contributed by atoms with Crippen LogP contribution in [0.5, 0.6) is 5.75 Å². The first-order chi connectivity index (χ1) is 13.0. The molecule has 0 aliphatic heterocycles. The van der Waals surface area contributed by atoms with Gasteiger partial charge in [-0.3, -0.25) is 0 Å². The number of alkyl halides is 3. The Kier molecular flexibility index (Phi) is 4.00. The average molecular weight is 366 g/mol. The maximum atomic E-state index is 12.8. The van der Waals surface area contributed by atoms with E-state index in [1.165, 1.54) is 6.07 Å². The van der Waals surface area contributed by atoms with E-state index in [-0.39, 0.29) is 6.61 Å². The summed E-state index contributed by atoms with van der Waals surface area (Å²) in [6.45, 7) is 0.0177. The number of nitriles is 1. The van der Waals surface area contributed by atoms with Crippen LogP contribution < -0.4 is 4.74 Å². The van der Waals surface area contributed by atoms with Gasteiger partial charge in [0.2, 0.25) is 0 Å². The van der Waals surface area contributed by atoms with Crippen LogP contribution in [0.3, 0.4) is 0 Å². The van der Waals surface area contributed by atoms with Crippen LogP contribution in [0.1, 0.15) is 16.7 Å². The molecule has 0 spiro atoms. The van der Waals surface area contributed by atoms with Gasteiger partial charge in [0, 0.05) is 17.6 Å². The molecule has 0 bridgehead atoms. The molecule has 0 saturated heterocycles. The summed E-state index contributed by atoms with van der Waals surface area (Å²) < 4.78 is 46.0. The first-order valence-electron chi connectivity index (χ1n) is 8.19. The normalized spacial score (nSPS) is 11.6. The molecule has 0 amide bonds. The van der Waals surface area contributed by atoms with Crippen LogP contribution in [0.25, 0.3) is 16.4 Å². The maximum Gasteiger partial charge on any atom is 0.416 e. The van der Waals surface area contributed by atoms with Gasteiger partial charge in [0.15, 0.2) is 0 Å². The Hall–Kier alpha value is -3.46. The molecule has 0 aliphatic rings. The van der Waals surface area contributed by atoms with E-state index in [4.69, 9.17) is 4.74 Å². The van der Waals surface area contributed by atoms with Gasteiger partial charge in [0.25, 0.3) is 0 Å². The molecule has 134 valence electrons. The molecule has 0 fully saturated rings. The van der Waals surface area contributed by atoms with Crippen LogP contribution in [-0.2, 0) is 12.8 Å². The summed E-state index contributed by atoms with van der Waals surface area (Å²) in [6.07, 6.45) is -2.53. The third kappa shape index (κ3) is 3.08. The molecule has 4 rings (SSSR count). The number of aromatic nitrogens is 1. The lowest BCUT2D eigenvalue weighted by Gasteiger charge is -2.10. The Balaban J connectivity index is 1.66. The molecule has 6 heteroatoms. The summed E-state index contributed by atoms with van der Waals surface area (Å²) in [5.74, 6) is 0.521. The predicted molar refractivity (Wildman–Crippen MR) is 95.4 cm³/mol. The van der Waals surface area contributed by atoms with Crippen molar-refractivity contribution in [2.75, 3.05) is 0 Å². The van der Waals surface area contributed by atoms with Gasteiger partial charge >= 0.3 is 6.18 Å². The Labute approximate surface area is 152 Å². The van der Waals surface area contributed by atoms with Crippen molar-refractivity contribution in [1.82, 2.24) is 4.40 Å². The lowest BCUT2D eigenvalue weighted by atomic mass is 10.1. The highest BCUT2D eigenvalue weighted by Crippen LogP contribution is 2.31. The smallest absolute Gasteiger partial charge is 0.416 e. The number of benzene rings is 2. The number of rotatable bonds is 3. The number of hydrogen-bond acceptors (Lipinski definition) is 2. The predicted octanol–water partition coefficient (Wildman–Crippen LogP) is 5.56. The van der Waals surface area contributed by atoms with Crippen molar-refractivity contribution in [3.8, 4) is 11.8 Å². The third-order valence-corrected chi connectivity index (χ3v) is 4.39. The molecule has 0 radical (unpaired) electrons. The van der Waals surface area contributed by atoms with Gasteiger partial charge in [-0.1, -0.05) is 18.2 Å². The minimum atomic E-state index is -4.38. The number of fused-ring (bicyclic) bond motifs is 3. The molecule has 0 aliphatic carbocycles. The second-order valence-corrected chi connectivity index (χ2v) is 6.11. The molecular formula is C21H13F3N2O. The number of nitrogens with zero attached hydrogens (tertiary/aromatic N) is 2. The Morgan fingerprint density at radius 3 is 2.59 bits per heavy atom. The van der Waals surface area contributed by atoms with Gasteiger partial charge in [-0.15, -0.1) is 0 Å². The largest absolute Gasteiger partial charge is 0.489 e. The maximum absolute atomic E-state index is 12.8. The number of pyridine rings is 1. The monoisotopic (exact) mass is 366 g/mol. The lowest BCUT2D eigenvalue weighted by Crippen LogP contribution is -2.06. The fourth-order valence-electron chi connectivity index (χ4n) is 3.13. The van der Waals surface area contributed by atoms with E-state index in [0.717, 1.165) is 28.6 Å². The lowest BCUT2D eigenvalue weighted by molar-refractivity contribution is -0.137. The van der Waals surface area contributed by atoms with E-state index >= 15 is 0 Å². The van der Waals surface area contributed by atoms with Crippen molar-refractivity contribution >= 4 is 16.4 Å². The van der Waals surface area contributed by atoms with Gasteiger partial charge in [-0.05, 0) is 42.0 Å². The molecule has 0 saturated carbocycles. The molecule has 0 N–H and O–H groups in total. The topological polar surface area (TPSA) is 37.4 Å². The van der Waals surface area contributed by atoms with Crippen molar-refractivity contribution in [3.05, 3.63) is 83.6 Å². The second-order valence-electron chi connectivity index (χ2n) is 6.11. The molecule has 2 aromatic heterocycles. The molecule has 0 unspecified atom stereocenters. The van der Waals surface area contributed by atoms with Gasteiger partial charge in [0.05, 0.1) is 22.2 Å². The van der Waals surface area contributed by atoms with E-state index in [1.807, 2.05) is 28.8 Å². The molecule has 0 atom stereocenters. The highest BCUT2D eigenvalue weighted by Gasteiger charge is 2.30. The fraction of sp³-hybridized carbons (Fsp3) is 0.0952. The first-order valence-corrected chi connectivity index (χ1v) is 8.19. The van der Waals surface area contributed by atoms with Crippen molar-refractivity contribution < 1.29 is 17.9 Å². The Morgan fingerprint density at radius 1 is 0.963 bits per heavy atom. The van der Waals surface area contributed by atoms with Crippen LogP contribution in [-0.4, -0.2) is 4.40 Å². The number of halogens is 3. The van der Waals surface area contributed by atoms with Crippen LogP contribution in [0, 0.1) is 11.3 Å². The molecule has 3 nitrogen and oxygen atoms in total.